The van der Waals surface area contributed by atoms with Crippen molar-refractivity contribution in [2.24, 2.45) is 7.05 Å². The summed E-state index contributed by atoms with van der Waals surface area (Å²) in [6.07, 6.45) is 3.71. The zero-order valence-corrected chi connectivity index (χ0v) is 9.67. The largest absolute Gasteiger partial charge is 0.328 e. The maximum atomic E-state index is 11.6. The van der Waals surface area contributed by atoms with Crippen molar-refractivity contribution in [2.45, 2.75) is 19.9 Å². The van der Waals surface area contributed by atoms with Crippen LogP contribution in [-0.4, -0.2) is 24.3 Å². The van der Waals surface area contributed by atoms with Crippen LogP contribution in [-0.2, 0) is 20.0 Å². The lowest BCUT2D eigenvalue weighted by Crippen LogP contribution is -2.32. The van der Waals surface area contributed by atoms with Gasteiger partial charge < -0.3 is 4.57 Å². The normalized spacial score (nSPS) is 10.7. The van der Waals surface area contributed by atoms with Crippen molar-refractivity contribution in [3.05, 3.63) is 44.8 Å². The molecule has 2 rings (SSSR count). The van der Waals surface area contributed by atoms with Crippen LogP contribution in [0.3, 0.4) is 0 Å². The van der Waals surface area contributed by atoms with E-state index in [0.717, 1.165) is 0 Å². The number of nitrogens with one attached hydrogen (secondary N) is 1. The molecule has 0 aliphatic heterocycles. The van der Waals surface area contributed by atoms with Gasteiger partial charge in [0, 0.05) is 18.8 Å². The molecule has 2 aromatic rings. The Labute approximate surface area is 96.7 Å². The Hall–Kier alpha value is -2.18. The molecule has 2 aromatic heterocycles. The van der Waals surface area contributed by atoms with Crippen LogP contribution in [0, 0.1) is 0 Å². The van der Waals surface area contributed by atoms with Gasteiger partial charge in [-0.1, -0.05) is 6.92 Å². The second kappa shape index (κ2) is 4.36. The summed E-state index contributed by atoms with van der Waals surface area (Å²) in [5.74, 6) is 0.654. The van der Waals surface area contributed by atoms with E-state index in [1.165, 1.54) is 4.57 Å². The standard InChI is InChI=1S/C10H13N5O2/c1-3-7-4-15(10(17)12-9(7)16)5-8-13-11-6-14(8)2/h4,6H,3,5H2,1-2H3,(H,12,16,17). The minimum Gasteiger partial charge on any atom is -0.319 e. The molecule has 0 radical (unpaired) electrons. The molecular weight excluding hydrogens is 222 g/mol. The molecule has 0 aliphatic carbocycles. The molecule has 0 aliphatic rings. The van der Waals surface area contributed by atoms with E-state index < -0.39 is 5.69 Å². The van der Waals surface area contributed by atoms with E-state index in [-0.39, 0.29) is 5.56 Å². The summed E-state index contributed by atoms with van der Waals surface area (Å²) in [4.78, 5) is 25.3. The maximum Gasteiger partial charge on any atom is 0.328 e. The van der Waals surface area contributed by atoms with E-state index in [0.29, 0.717) is 24.4 Å². The summed E-state index contributed by atoms with van der Waals surface area (Å²) >= 11 is 0. The third kappa shape index (κ3) is 2.17. The van der Waals surface area contributed by atoms with Gasteiger partial charge in [-0.3, -0.25) is 14.3 Å². The van der Waals surface area contributed by atoms with Crippen molar-refractivity contribution in [1.29, 1.82) is 0 Å². The lowest BCUT2D eigenvalue weighted by atomic mass is 10.2. The van der Waals surface area contributed by atoms with E-state index in [4.69, 9.17) is 0 Å². The third-order valence-electron chi connectivity index (χ3n) is 2.58. The summed E-state index contributed by atoms with van der Waals surface area (Å²) in [6.45, 7) is 2.15. The lowest BCUT2D eigenvalue weighted by molar-refractivity contribution is 0.649. The van der Waals surface area contributed by atoms with Crippen LogP contribution in [0.25, 0.3) is 0 Å². The molecule has 0 spiro atoms. The highest BCUT2D eigenvalue weighted by Crippen LogP contribution is 1.95. The highest BCUT2D eigenvalue weighted by atomic mass is 16.2. The Morgan fingerprint density at radius 1 is 1.41 bits per heavy atom. The first kappa shape index (κ1) is 11.3. The average molecular weight is 235 g/mol. The van der Waals surface area contributed by atoms with Crippen LogP contribution < -0.4 is 11.2 Å². The number of hydrogen-bond donors (Lipinski definition) is 1. The monoisotopic (exact) mass is 235 g/mol. The molecule has 90 valence electrons. The summed E-state index contributed by atoms with van der Waals surface area (Å²) in [5.41, 5.74) is -0.186. The van der Waals surface area contributed by atoms with Gasteiger partial charge in [-0.2, -0.15) is 0 Å². The number of aromatic nitrogens is 5. The lowest BCUT2D eigenvalue weighted by Gasteiger charge is -2.05. The van der Waals surface area contributed by atoms with Crippen LogP contribution in [0.2, 0.25) is 0 Å². The first-order valence-corrected chi connectivity index (χ1v) is 5.27. The summed E-state index contributed by atoms with van der Waals surface area (Å²) in [6, 6.07) is 0. The van der Waals surface area contributed by atoms with Gasteiger partial charge in [-0.05, 0) is 6.42 Å². The molecule has 17 heavy (non-hydrogen) atoms. The highest BCUT2D eigenvalue weighted by Gasteiger charge is 2.06. The van der Waals surface area contributed by atoms with Crippen molar-refractivity contribution in [3.8, 4) is 0 Å². The van der Waals surface area contributed by atoms with Gasteiger partial charge in [0.15, 0.2) is 5.82 Å². The predicted molar refractivity (Wildman–Crippen MR) is 60.8 cm³/mol. The molecule has 7 nitrogen and oxygen atoms in total. The first-order valence-electron chi connectivity index (χ1n) is 5.27. The molecule has 1 N–H and O–H groups in total. The fourth-order valence-corrected chi connectivity index (χ4v) is 1.53. The quantitative estimate of drug-likeness (QED) is 0.760. The molecule has 0 fully saturated rings. The minimum atomic E-state index is -0.435. The van der Waals surface area contributed by atoms with Crippen LogP contribution in [0.1, 0.15) is 18.3 Å². The molecule has 0 aromatic carbocycles. The van der Waals surface area contributed by atoms with Gasteiger partial charge in [0.05, 0.1) is 6.54 Å². The molecule has 0 bridgehead atoms. The molecular formula is C10H13N5O2. The summed E-state index contributed by atoms with van der Waals surface area (Å²) in [7, 11) is 1.80. The SMILES string of the molecule is CCc1cn(Cc2nncn2C)c(=O)[nH]c1=O. The first-order chi connectivity index (χ1) is 8.11. The maximum absolute atomic E-state index is 11.6. The van der Waals surface area contributed by atoms with Crippen LogP contribution in [0.5, 0.6) is 0 Å². The Kier molecular flexibility index (Phi) is 2.90. The van der Waals surface area contributed by atoms with Gasteiger partial charge in [-0.25, -0.2) is 4.79 Å². The van der Waals surface area contributed by atoms with Crippen molar-refractivity contribution in [2.75, 3.05) is 0 Å². The minimum absolute atomic E-state index is 0.291. The zero-order chi connectivity index (χ0) is 12.4. The third-order valence-corrected chi connectivity index (χ3v) is 2.58. The molecule has 7 heteroatoms. The Balaban J connectivity index is 2.43. The van der Waals surface area contributed by atoms with Crippen molar-refractivity contribution in [1.82, 2.24) is 24.3 Å². The van der Waals surface area contributed by atoms with E-state index in [1.807, 2.05) is 6.92 Å². The highest BCUT2D eigenvalue weighted by molar-refractivity contribution is 5.04. The molecule has 0 saturated heterocycles. The number of nitrogens with zero attached hydrogens (tertiary/aromatic N) is 4. The van der Waals surface area contributed by atoms with Crippen LogP contribution >= 0.6 is 0 Å². The van der Waals surface area contributed by atoms with E-state index in [9.17, 15) is 9.59 Å². The van der Waals surface area contributed by atoms with Gasteiger partial charge >= 0.3 is 5.69 Å². The summed E-state index contributed by atoms with van der Waals surface area (Å²) in [5, 5.41) is 7.62. The number of hydrogen-bond acceptors (Lipinski definition) is 4. The van der Waals surface area contributed by atoms with Crippen molar-refractivity contribution < 1.29 is 0 Å². The number of rotatable bonds is 3. The number of H-pyrrole nitrogens is 1. The number of aryl methyl sites for hydroxylation is 2. The van der Waals surface area contributed by atoms with Gasteiger partial charge in [-0.15, -0.1) is 10.2 Å². The second-order valence-electron chi connectivity index (χ2n) is 3.75. The smallest absolute Gasteiger partial charge is 0.319 e. The Bertz CT molecular complexity index is 637. The zero-order valence-electron chi connectivity index (χ0n) is 9.67. The van der Waals surface area contributed by atoms with Gasteiger partial charge in [0.1, 0.15) is 6.33 Å². The van der Waals surface area contributed by atoms with E-state index in [2.05, 4.69) is 15.2 Å². The molecule has 0 unspecified atom stereocenters. The number of aromatic amines is 1. The van der Waals surface area contributed by atoms with E-state index in [1.54, 1.807) is 24.1 Å². The molecule has 2 heterocycles. The van der Waals surface area contributed by atoms with Crippen molar-refractivity contribution in [3.63, 3.8) is 0 Å². The molecule has 0 amide bonds. The fourth-order valence-electron chi connectivity index (χ4n) is 1.53. The molecule has 0 saturated carbocycles. The predicted octanol–water partition coefficient (Wildman–Crippen LogP) is -0.724. The topological polar surface area (TPSA) is 85.6 Å². The van der Waals surface area contributed by atoms with Crippen LogP contribution in [0.4, 0.5) is 0 Å². The average Bonchev–Trinajstić information content (AvgIpc) is 2.68. The Morgan fingerprint density at radius 3 is 2.76 bits per heavy atom. The van der Waals surface area contributed by atoms with Crippen molar-refractivity contribution >= 4 is 0 Å². The summed E-state index contributed by atoms with van der Waals surface area (Å²) < 4.78 is 3.15. The fraction of sp³-hybridized carbons (Fsp3) is 0.400. The van der Waals surface area contributed by atoms with Gasteiger partial charge in [0.25, 0.3) is 5.56 Å². The van der Waals surface area contributed by atoms with E-state index >= 15 is 0 Å². The second-order valence-corrected chi connectivity index (χ2v) is 3.75. The van der Waals surface area contributed by atoms with Crippen LogP contribution in [0.15, 0.2) is 22.1 Å². The van der Waals surface area contributed by atoms with Gasteiger partial charge in [0.2, 0.25) is 0 Å². The molecule has 0 atom stereocenters. The Morgan fingerprint density at radius 2 is 2.18 bits per heavy atom.